The average molecular weight is 522 g/mol. The fourth-order valence-electron chi connectivity index (χ4n) is 4.03. The number of anilines is 2. The highest BCUT2D eigenvalue weighted by molar-refractivity contribution is 7.80. The Morgan fingerprint density at radius 1 is 1.03 bits per heavy atom. The quantitative estimate of drug-likeness (QED) is 0.372. The van der Waals surface area contributed by atoms with E-state index in [1.807, 2.05) is 6.92 Å². The number of rotatable bonds is 10. The number of amides is 2. The Morgan fingerprint density at radius 2 is 1.70 bits per heavy atom. The maximum absolute atomic E-state index is 14.5. The molecule has 192 valence electrons. The second-order valence-corrected chi connectivity index (χ2v) is 8.88. The molecule has 0 radical (unpaired) electrons. The molecule has 0 aliphatic carbocycles. The van der Waals surface area contributed by atoms with E-state index in [1.54, 1.807) is 78.7 Å². The molecule has 0 aromatic heterocycles. The molecule has 1 N–H and O–H groups in total. The molecule has 3 aromatic rings. The van der Waals surface area contributed by atoms with Crippen molar-refractivity contribution in [3.05, 3.63) is 84.2 Å². The van der Waals surface area contributed by atoms with E-state index in [0.717, 1.165) is 6.42 Å². The summed E-state index contributed by atoms with van der Waals surface area (Å²) in [6.07, 6.45) is 0.737. The van der Waals surface area contributed by atoms with E-state index in [1.165, 1.54) is 11.0 Å². The largest absolute Gasteiger partial charge is 0.497 e. The summed E-state index contributed by atoms with van der Waals surface area (Å²) in [4.78, 5) is 29.5. The monoisotopic (exact) mass is 521 g/mol. The SMILES string of the molecule is CCCOc1ccc(NC(=O)CC2C(=O)N(c3ccc(OC)cc3)C(=S)N2Cc2ccccc2F)cc1. The Hall–Kier alpha value is -3.98. The average Bonchev–Trinajstić information content (AvgIpc) is 3.13. The van der Waals surface area contributed by atoms with E-state index in [-0.39, 0.29) is 29.9 Å². The third-order valence-electron chi connectivity index (χ3n) is 5.94. The van der Waals surface area contributed by atoms with E-state index in [0.29, 0.717) is 35.0 Å². The summed E-state index contributed by atoms with van der Waals surface area (Å²) in [5, 5.41) is 3.03. The van der Waals surface area contributed by atoms with Crippen LogP contribution in [0.3, 0.4) is 0 Å². The van der Waals surface area contributed by atoms with Gasteiger partial charge in [0.1, 0.15) is 23.4 Å². The number of hydrogen-bond acceptors (Lipinski definition) is 5. The number of ether oxygens (including phenoxy) is 2. The molecule has 9 heteroatoms. The predicted octanol–water partition coefficient (Wildman–Crippen LogP) is 5.15. The molecule has 0 bridgehead atoms. The van der Waals surface area contributed by atoms with Crippen molar-refractivity contribution in [2.45, 2.75) is 32.4 Å². The third-order valence-corrected chi connectivity index (χ3v) is 6.35. The number of carbonyl (C=O) groups excluding carboxylic acids is 2. The minimum atomic E-state index is -0.902. The number of hydrogen-bond donors (Lipinski definition) is 1. The lowest BCUT2D eigenvalue weighted by Gasteiger charge is -2.24. The van der Waals surface area contributed by atoms with E-state index in [9.17, 15) is 14.0 Å². The van der Waals surface area contributed by atoms with Crippen molar-refractivity contribution in [1.29, 1.82) is 0 Å². The van der Waals surface area contributed by atoms with Crippen molar-refractivity contribution in [3.8, 4) is 11.5 Å². The highest BCUT2D eigenvalue weighted by Gasteiger charge is 2.44. The molecule has 1 fully saturated rings. The molecular weight excluding hydrogens is 493 g/mol. The fraction of sp³-hybridized carbons (Fsp3) is 0.250. The predicted molar refractivity (Wildman–Crippen MR) is 144 cm³/mol. The maximum atomic E-state index is 14.5. The van der Waals surface area contributed by atoms with Gasteiger partial charge in [-0.25, -0.2) is 4.39 Å². The number of carbonyl (C=O) groups is 2. The summed E-state index contributed by atoms with van der Waals surface area (Å²) in [6, 6.07) is 19.3. The minimum Gasteiger partial charge on any atom is -0.497 e. The molecule has 2 amide bonds. The molecular formula is C28H28FN3O4S. The van der Waals surface area contributed by atoms with Crippen LogP contribution < -0.4 is 19.7 Å². The summed E-state index contributed by atoms with van der Waals surface area (Å²) in [5.41, 5.74) is 1.50. The lowest BCUT2D eigenvalue weighted by molar-refractivity contribution is -0.124. The number of benzene rings is 3. The van der Waals surface area contributed by atoms with Crippen LogP contribution in [0.4, 0.5) is 15.8 Å². The Morgan fingerprint density at radius 3 is 2.35 bits per heavy atom. The summed E-state index contributed by atoms with van der Waals surface area (Å²) in [5.74, 6) is 0.214. The zero-order valence-electron chi connectivity index (χ0n) is 20.6. The van der Waals surface area contributed by atoms with Gasteiger partial charge in [0.2, 0.25) is 5.91 Å². The first-order valence-electron chi connectivity index (χ1n) is 12.0. The van der Waals surface area contributed by atoms with Gasteiger partial charge in [0, 0.05) is 17.8 Å². The van der Waals surface area contributed by atoms with Crippen LogP contribution in [0.1, 0.15) is 25.3 Å². The molecule has 7 nitrogen and oxygen atoms in total. The zero-order chi connectivity index (χ0) is 26.4. The Kier molecular flexibility index (Phi) is 8.35. The van der Waals surface area contributed by atoms with E-state index < -0.39 is 11.9 Å². The summed E-state index contributed by atoms with van der Waals surface area (Å²) in [6.45, 7) is 2.68. The van der Waals surface area contributed by atoms with Crippen LogP contribution in [0.2, 0.25) is 0 Å². The first-order chi connectivity index (χ1) is 17.9. The van der Waals surface area contributed by atoms with Crippen LogP contribution in [-0.2, 0) is 16.1 Å². The van der Waals surface area contributed by atoms with E-state index in [2.05, 4.69) is 5.32 Å². The van der Waals surface area contributed by atoms with E-state index in [4.69, 9.17) is 21.7 Å². The van der Waals surface area contributed by atoms with Crippen molar-refractivity contribution >= 4 is 40.5 Å². The van der Waals surface area contributed by atoms with Gasteiger partial charge in [-0.3, -0.25) is 14.5 Å². The van der Waals surface area contributed by atoms with Gasteiger partial charge in [0.25, 0.3) is 5.91 Å². The lowest BCUT2D eigenvalue weighted by atomic mass is 10.1. The summed E-state index contributed by atoms with van der Waals surface area (Å²) >= 11 is 5.67. The highest BCUT2D eigenvalue weighted by Crippen LogP contribution is 2.30. The van der Waals surface area contributed by atoms with Gasteiger partial charge in [-0.1, -0.05) is 25.1 Å². The van der Waals surface area contributed by atoms with Crippen LogP contribution in [-0.4, -0.2) is 41.6 Å². The number of methoxy groups -OCH3 is 1. The maximum Gasteiger partial charge on any atom is 0.256 e. The summed E-state index contributed by atoms with van der Waals surface area (Å²) in [7, 11) is 1.55. The van der Waals surface area contributed by atoms with Gasteiger partial charge in [-0.2, -0.15) is 0 Å². The topological polar surface area (TPSA) is 71.1 Å². The zero-order valence-corrected chi connectivity index (χ0v) is 21.5. The first kappa shape index (κ1) is 26.1. The highest BCUT2D eigenvalue weighted by atomic mass is 32.1. The van der Waals surface area contributed by atoms with Crippen LogP contribution in [0.5, 0.6) is 11.5 Å². The van der Waals surface area contributed by atoms with Crippen LogP contribution in [0.15, 0.2) is 72.8 Å². The third kappa shape index (κ3) is 6.06. The van der Waals surface area contributed by atoms with Gasteiger partial charge in [-0.15, -0.1) is 0 Å². The number of thiocarbonyl (C=S) groups is 1. The molecule has 1 saturated heterocycles. The Bertz CT molecular complexity index is 1270. The van der Waals surface area contributed by atoms with Crippen molar-refractivity contribution in [3.63, 3.8) is 0 Å². The van der Waals surface area contributed by atoms with Gasteiger partial charge >= 0.3 is 0 Å². The molecule has 1 unspecified atom stereocenters. The molecule has 4 rings (SSSR count). The van der Waals surface area contributed by atoms with Crippen molar-refractivity contribution in [1.82, 2.24) is 4.90 Å². The number of nitrogens with zero attached hydrogens (tertiary/aromatic N) is 2. The molecule has 0 spiro atoms. The van der Waals surface area contributed by atoms with Crippen LogP contribution >= 0.6 is 12.2 Å². The molecule has 1 aliphatic heterocycles. The second-order valence-electron chi connectivity index (χ2n) is 8.51. The van der Waals surface area contributed by atoms with Crippen molar-refractivity contribution < 1.29 is 23.5 Å². The van der Waals surface area contributed by atoms with Crippen LogP contribution in [0.25, 0.3) is 0 Å². The molecule has 1 heterocycles. The van der Waals surface area contributed by atoms with Gasteiger partial charge < -0.3 is 19.7 Å². The molecule has 1 aliphatic rings. The van der Waals surface area contributed by atoms with Crippen LogP contribution in [0, 0.1) is 5.82 Å². The van der Waals surface area contributed by atoms with E-state index >= 15 is 0 Å². The molecule has 3 aromatic carbocycles. The smallest absolute Gasteiger partial charge is 0.256 e. The van der Waals surface area contributed by atoms with Gasteiger partial charge in [0.05, 0.1) is 25.8 Å². The summed E-state index contributed by atoms with van der Waals surface area (Å²) < 4.78 is 25.3. The van der Waals surface area contributed by atoms with Gasteiger partial charge in [-0.05, 0) is 73.2 Å². The molecule has 1 atom stereocenters. The fourth-order valence-corrected chi connectivity index (χ4v) is 4.42. The number of halogens is 1. The van der Waals surface area contributed by atoms with Crippen molar-refractivity contribution in [2.24, 2.45) is 0 Å². The first-order valence-corrected chi connectivity index (χ1v) is 12.4. The minimum absolute atomic E-state index is 0.0469. The van der Waals surface area contributed by atoms with Gasteiger partial charge in [0.15, 0.2) is 5.11 Å². The Balaban J connectivity index is 1.55. The lowest BCUT2D eigenvalue weighted by Crippen LogP contribution is -2.37. The Labute approximate surface area is 220 Å². The molecule has 37 heavy (non-hydrogen) atoms. The molecule has 0 saturated carbocycles. The van der Waals surface area contributed by atoms with Crippen molar-refractivity contribution in [2.75, 3.05) is 23.9 Å². The number of nitrogens with one attached hydrogen (secondary N) is 1. The second kappa shape index (κ2) is 11.8. The standard InChI is InChI=1S/C28H28FN3O4S/c1-3-16-36-23-12-8-20(9-13-23)30-26(33)17-25-27(34)32(21-10-14-22(35-2)15-11-21)28(37)31(25)18-19-6-4-5-7-24(19)29/h4-15,25H,3,16-18H2,1-2H3,(H,30,33). The normalized spacial score (nSPS) is 15.2.